The van der Waals surface area contributed by atoms with Crippen molar-refractivity contribution in [2.75, 3.05) is 47.1 Å². The lowest BCUT2D eigenvalue weighted by atomic mass is 10.0. The van der Waals surface area contributed by atoms with E-state index in [2.05, 4.69) is 20.2 Å². The van der Waals surface area contributed by atoms with Crippen LogP contribution in [-0.2, 0) is 16.0 Å². The summed E-state index contributed by atoms with van der Waals surface area (Å²) in [6, 6.07) is 13.9. The van der Waals surface area contributed by atoms with Gasteiger partial charge in [-0.3, -0.25) is 9.69 Å². The molecule has 1 amide bonds. The summed E-state index contributed by atoms with van der Waals surface area (Å²) in [7, 11) is 3.26. The zero-order chi connectivity index (χ0) is 23.0. The third-order valence-corrected chi connectivity index (χ3v) is 6.03. The smallest absolute Gasteiger partial charge is 0.220 e. The first-order valence-corrected chi connectivity index (χ1v) is 11.4. The van der Waals surface area contributed by atoms with Gasteiger partial charge >= 0.3 is 0 Å². The summed E-state index contributed by atoms with van der Waals surface area (Å²) < 4.78 is 16.4. The minimum atomic E-state index is 0.0352. The number of carbonyl (C=O) groups excluding carboxylic acids is 1. The second kappa shape index (κ2) is 11.2. The van der Waals surface area contributed by atoms with Gasteiger partial charge in [-0.1, -0.05) is 18.2 Å². The number of aromatic amines is 1. The number of hydrogen-bond donors (Lipinski definition) is 2. The third-order valence-electron chi connectivity index (χ3n) is 6.03. The molecule has 0 radical (unpaired) electrons. The van der Waals surface area contributed by atoms with Gasteiger partial charge in [0.2, 0.25) is 5.91 Å². The number of aryl methyl sites for hydroxylation is 1. The van der Waals surface area contributed by atoms with Gasteiger partial charge in [-0.2, -0.15) is 0 Å². The van der Waals surface area contributed by atoms with Crippen molar-refractivity contribution >= 4 is 16.9 Å². The van der Waals surface area contributed by atoms with Crippen molar-refractivity contribution < 1.29 is 19.0 Å². The highest BCUT2D eigenvalue weighted by atomic mass is 16.5. The van der Waals surface area contributed by atoms with Crippen LogP contribution in [0.3, 0.4) is 0 Å². The summed E-state index contributed by atoms with van der Waals surface area (Å²) in [6.07, 6.45) is 1.94. The molecule has 2 aromatic carbocycles. The van der Waals surface area contributed by atoms with Crippen LogP contribution in [0.4, 0.5) is 0 Å². The first kappa shape index (κ1) is 23.1. The molecule has 1 aliphatic heterocycles. The average molecular weight is 453 g/mol. The monoisotopic (exact) mass is 452 g/mol. The van der Waals surface area contributed by atoms with E-state index in [9.17, 15) is 4.79 Å². The number of methoxy groups -OCH3 is 2. The lowest BCUT2D eigenvalue weighted by Crippen LogP contribution is -2.43. The number of nitrogens with zero attached hydrogens (tertiary/aromatic N) is 2. The highest BCUT2D eigenvalue weighted by molar-refractivity contribution is 5.76. The lowest BCUT2D eigenvalue weighted by Gasteiger charge is -2.35. The number of aromatic nitrogens is 2. The molecular formula is C25H32N4O4. The molecule has 33 heavy (non-hydrogen) atoms. The number of ether oxygens (including phenoxy) is 3. The summed E-state index contributed by atoms with van der Waals surface area (Å²) in [5, 5.41) is 3.13. The van der Waals surface area contributed by atoms with Crippen LogP contribution in [0.5, 0.6) is 11.5 Å². The molecule has 4 rings (SSSR count). The van der Waals surface area contributed by atoms with Gasteiger partial charge in [0, 0.05) is 32.5 Å². The number of amides is 1. The molecule has 2 heterocycles. The fraction of sp³-hybridized carbons (Fsp3) is 0.440. The first-order valence-electron chi connectivity index (χ1n) is 11.4. The molecule has 0 aliphatic carbocycles. The summed E-state index contributed by atoms with van der Waals surface area (Å²) in [5.41, 5.74) is 3.07. The topological polar surface area (TPSA) is 88.7 Å². The van der Waals surface area contributed by atoms with E-state index >= 15 is 0 Å². The molecule has 1 unspecified atom stereocenters. The molecule has 1 saturated heterocycles. The molecule has 3 aromatic rings. The number of H-pyrrole nitrogens is 1. The van der Waals surface area contributed by atoms with Gasteiger partial charge in [-0.05, 0) is 36.2 Å². The van der Waals surface area contributed by atoms with Crippen molar-refractivity contribution in [3.63, 3.8) is 0 Å². The van der Waals surface area contributed by atoms with Crippen LogP contribution in [0, 0.1) is 0 Å². The van der Waals surface area contributed by atoms with Crippen LogP contribution < -0.4 is 14.8 Å². The van der Waals surface area contributed by atoms with Gasteiger partial charge in [-0.15, -0.1) is 0 Å². The second-order valence-corrected chi connectivity index (χ2v) is 8.14. The van der Waals surface area contributed by atoms with E-state index in [0.717, 1.165) is 48.4 Å². The van der Waals surface area contributed by atoms with Gasteiger partial charge < -0.3 is 24.5 Å². The van der Waals surface area contributed by atoms with Crippen molar-refractivity contribution in [2.45, 2.75) is 25.3 Å². The number of rotatable bonds is 10. The Morgan fingerprint density at radius 3 is 2.70 bits per heavy atom. The number of benzene rings is 2. The molecular weight excluding hydrogens is 420 g/mol. The SMILES string of the molecule is COc1ccc(C(CNC(=O)CCCc2nc3ccccc3[nH]2)N2CCOCC2)cc1OC. The average Bonchev–Trinajstić information content (AvgIpc) is 3.27. The number of hydrogen-bond acceptors (Lipinski definition) is 6. The number of carbonyl (C=O) groups is 1. The summed E-state index contributed by atoms with van der Waals surface area (Å²) >= 11 is 0. The molecule has 1 atom stereocenters. The maximum absolute atomic E-state index is 12.6. The molecule has 176 valence electrons. The van der Waals surface area contributed by atoms with E-state index in [1.165, 1.54) is 0 Å². The van der Waals surface area contributed by atoms with E-state index in [1.807, 2.05) is 42.5 Å². The Hall–Kier alpha value is -3.10. The van der Waals surface area contributed by atoms with Crippen LogP contribution in [0.2, 0.25) is 0 Å². The van der Waals surface area contributed by atoms with Crippen molar-refractivity contribution in [1.29, 1.82) is 0 Å². The van der Waals surface area contributed by atoms with Crippen LogP contribution in [-0.4, -0.2) is 67.8 Å². The molecule has 2 N–H and O–H groups in total. The predicted molar refractivity (Wildman–Crippen MR) is 127 cm³/mol. The molecule has 8 heteroatoms. The highest BCUT2D eigenvalue weighted by Crippen LogP contribution is 2.32. The van der Waals surface area contributed by atoms with E-state index in [-0.39, 0.29) is 11.9 Å². The highest BCUT2D eigenvalue weighted by Gasteiger charge is 2.24. The Kier molecular flexibility index (Phi) is 7.80. The summed E-state index contributed by atoms with van der Waals surface area (Å²) in [5.74, 6) is 2.34. The molecule has 0 saturated carbocycles. The first-order chi connectivity index (χ1) is 16.2. The van der Waals surface area contributed by atoms with Crippen LogP contribution in [0.15, 0.2) is 42.5 Å². The van der Waals surface area contributed by atoms with Crippen LogP contribution >= 0.6 is 0 Å². The molecule has 0 spiro atoms. The number of para-hydroxylation sites is 2. The van der Waals surface area contributed by atoms with Crippen LogP contribution in [0.1, 0.15) is 30.3 Å². The number of imidazole rings is 1. The van der Waals surface area contributed by atoms with E-state index < -0.39 is 0 Å². The molecule has 8 nitrogen and oxygen atoms in total. The third kappa shape index (κ3) is 5.83. The van der Waals surface area contributed by atoms with Crippen molar-refractivity contribution in [3.05, 3.63) is 53.9 Å². The number of fused-ring (bicyclic) bond motifs is 1. The van der Waals surface area contributed by atoms with Gasteiger partial charge in [0.15, 0.2) is 11.5 Å². The minimum Gasteiger partial charge on any atom is -0.493 e. The quantitative estimate of drug-likeness (QED) is 0.492. The maximum atomic E-state index is 12.6. The van der Waals surface area contributed by atoms with E-state index in [0.29, 0.717) is 37.7 Å². The van der Waals surface area contributed by atoms with Gasteiger partial charge in [-0.25, -0.2) is 4.98 Å². The fourth-order valence-electron chi connectivity index (χ4n) is 4.25. The van der Waals surface area contributed by atoms with Crippen LogP contribution in [0.25, 0.3) is 11.0 Å². The number of morpholine rings is 1. The maximum Gasteiger partial charge on any atom is 0.220 e. The van der Waals surface area contributed by atoms with Gasteiger partial charge in [0.1, 0.15) is 5.82 Å². The normalized spacial score (nSPS) is 15.3. The fourth-order valence-corrected chi connectivity index (χ4v) is 4.25. The molecule has 0 bridgehead atoms. The van der Waals surface area contributed by atoms with E-state index in [4.69, 9.17) is 14.2 Å². The molecule has 1 fully saturated rings. The predicted octanol–water partition coefficient (Wildman–Crippen LogP) is 3.09. The standard InChI is InChI=1S/C25H32N4O4/c1-31-22-11-10-18(16-23(22)32-2)21(29-12-14-33-15-13-29)17-26-25(30)9-5-8-24-27-19-6-3-4-7-20(19)28-24/h3-4,6-7,10-11,16,21H,5,8-9,12-15,17H2,1-2H3,(H,26,30)(H,27,28). The van der Waals surface area contributed by atoms with Gasteiger partial charge in [0.05, 0.1) is 44.5 Å². The summed E-state index contributed by atoms with van der Waals surface area (Å²) in [4.78, 5) is 22.9. The Balaban J connectivity index is 1.35. The second-order valence-electron chi connectivity index (χ2n) is 8.14. The summed E-state index contributed by atoms with van der Waals surface area (Å²) in [6.45, 7) is 3.55. The lowest BCUT2D eigenvalue weighted by molar-refractivity contribution is -0.121. The zero-order valence-electron chi connectivity index (χ0n) is 19.3. The van der Waals surface area contributed by atoms with Crippen molar-refractivity contribution in [2.24, 2.45) is 0 Å². The Morgan fingerprint density at radius 1 is 1.15 bits per heavy atom. The largest absolute Gasteiger partial charge is 0.493 e. The Bertz CT molecular complexity index is 1030. The van der Waals surface area contributed by atoms with E-state index in [1.54, 1.807) is 14.2 Å². The Labute approximate surface area is 194 Å². The molecule has 1 aliphatic rings. The Morgan fingerprint density at radius 2 is 1.94 bits per heavy atom. The van der Waals surface area contributed by atoms with Crippen molar-refractivity contribution in [3.8, 4) is 11.5 Å². The zero-order valence-corrected chi connectivity index (χ0v) is 19.3. The minimum absolute atomic E-state index is 0.0352. The van der Waals surface area contributed by atoms with Gasteiger partial charge in [0.25, 0.3) is 0 Å². The van der Waals surface area contributed by atoms with Crippen molar-refractivity contribution in [1.82, 2.24) is 20.2 Å². The number of nitrogens with one attached hydrogen (secondary N) is 2. The molecule has 1 aromatic heterocycles.